The van der Waals surface area contributed by atoms with E-state index in [1.807, 2.05) is 18.2 Å². The van der Waals surface area contributed by atoms with Crippen molar-refractivity contribution in [3.05, 3.63) is 35.9 Å². The van der Waals surface area contributed by atoms with Crippen LogP contribution >= 0.6 is 0 Å². The maximum atomic E-state index is 11.8. The number of oxime groups is 1. The van der Waals surface area contributed by atoms with Crippen LogP contribution in [0.25, 0.3) is 0 Å². The van der Waals surface area contributed by atoms with Gasteiger partial charge >= 0.3 is 5.97 Å². The first-order valence-corrected chi connectivity index (χ1v) is 6.73. The molecule has 3 atom stereocenters. The number of nitrogens with one attached hydrogen (secondary N) is 1. The summed E-state index contributed by atoms with van der Waals surface area (Å²) in [5.74, 6) is -0.0287. The van der Waals surface area contributed by atoms with Gasteiger partial charge in [-0.15, -0.1) is 0 Å². The molecule has 1 aliphatic rings. The molecular formula is C15H21N2O2+. The first kappa shape index (κ1) is 13.7. The number of carbonyl (C=O) groups is 1. The summed E-state index contributed by atoms with van der Waals surface area (Å²) in [6, 6.07) is 9.47. The highest BCUT2D eigenvalue weighted by Crippen LogP contribution is 2.09. The molecule has 0 radical (unpaired) electrons. The van der Waals surface area contributed by atoms with Crippen LogP contribution in [0.5, 0.6) is 0 Å². The van der Waals surface area contributed by atoms with Crippen molar-refractivity contribution < 1.29 is 14.5 Å². The number of likely N-dealkylation sites (tertiary alicyclic amines) is 1. The average Bonchev–Trinajstić information content (AvgIpc) is 2.42. The van der Waals surface area contributed by atoms with Gasteiger partial charge in [-0.3, -0.25) is 0 Å². The summed E-state index contributed by atoms with van der Waals surface area (Å²) in [6.45, 7) is 5.35. The van der Waals surface area contributed by atoms with Crippen molar-refractivity contribution >= 4 is 11.7 Å². The standard InChI is InChI=1S/C15H20N2O2/c1-11-10-17(3)12(2)9-14(11)16-19-15(18)13-7-5-4-6-8-13/h4-8,11-12H,9-10H2,1-3H3/p+1/b16-14+/t11-,12-/m1/s1. The topological polar surface area (TPSA) is 43.1 Å². The van der Waals surface area contributed by atoms with Gasteiger partial charge in [-0.2, -0.15) is 0 Å². The minimum Gasteiger partial charge on any atom is -0.334 e. The van der Waals surface area contributed by atoms with Gasteiger partial charge in [-0.25, -0.2) is 4.79 Å². The third-order valence-electron chi connectivity index (χ3n) is 3.81. The lowest BCUT2D eigenvalue weighted by Gasteiger charge is -2.31. The Morgan fingerprint density at radius 1 is 1.32 bits per heavy atom. The highest BCUT2D eigenvalue weighted by Gasteiger charge is 2.29. The van der Waals surface area contributed by atoms with Crippen molar-refractivity contribution in [1.29, 1.82) is 0 Å². The summed E-state index contributed by atoms with van der Waals surface area (Å²) in [5, 5.41) is 4.08. The molecule has 2 rings (SSSR count). The van der Waals surface area contributed by atoms with Gasteiger partial charge in [-0.05, 0) is 19.1 Å². The Morgan fingerprint density at radius 3 is 2.68 bits per heavy atom. The van der Waals surface area contributed by atoms with Crippen molar-refractivity contribution in [2.45, 2.75) is 26.3 Å². The third kappa shape index (κ3) is 3.41. The number of benzene rings is 1. The van der Waals surface area contributed by atoms with E-state index in [0.29, 0.717) is 17.5 Å². The number of carbonyl (C=O) groups excluding carboxylic acids is 1. The summed E-state index contributed by atoms with van der Waals surface area (Å²) >= 11 is 0. The number of nitrogens with zero attached hydrogens (tertiary/aromatic N) is 1. The lowest BCUT2D eigenvalue weighted by molar-refractivity contribution is -0.908. The fourth-order valence-electron chi connectivity index (χ4n) is 2.35. The predicted octanol–water partition coefficient (Wildman–Crippen LogP) is 1.14. The highest BCUT2D eigenvalue weighted by molar-refractivity contribution is 5.91. The SMILES string of the molecule is C[C@@H]1C[NH+](C)[C@H](C)C/C1=N\OC(=O)c1ccccc1. The molecule has 4 heteroatoms. The summed E-state index contributed by atoms with van der Waals surface area (Å²) in [7, 11) is 2.19. The maximum absolute atomic E-state index is 11.8. The van der Waals surface area contributed by atoms with Crippen LogP contribution in [0.2, 0.25) is 0 Å². The summed E-state index contributed by atoms with van der Waals surface area (Å²) in [5.41, 5.74) is 1.52. The van der Waals surface area contributed by atoms with Crippen molar-refractivity contribution in [1.82, 2.24) is 0 Å². The van der Waals surface area contributed by atoms with Crippen molar-refractivity contribution in [3.8, 4) is 0 Å². The minimum absolute atomic E-state index is 0.361. The quantitative estimate of drug-likeness (QED) is 0.641. The van der Waals surface area contributed by atoms with Crippen LogP contribution in [0, 0.1) is 5.92 Å². The molecule has 1 aliphatic heterocycles. The van der Waals surface area contributed by atoms with E-state index in [0.717, 1.165) is 18.7 Å². The smallest absolute Gasteiger partial charge is 0.334 e. The molecule has 4 nitrogen and oxygen atoms in total. The molecule has 1 aromatic rings. The zero-order valence-corrected chi connectivity index (χ0v) is 11.7. The van der Waals surface area contributed by atoms with Crippen molar-refractivity contribution in [2.75, 3.05) is 13.6 Å². The van der Waals surface area contributed by atoms with Crippen molar-refractivity contribution in [2.24, 2.45) is 11.1 Å². The first-order valence-electron chi connectivity index (χ1n) is 6.73. The second-order valence-corrected chi connectivity index (χ2v) is 5.38. The van der Waals surface area contributed by atoms with Crippen LogP contribution in [0.15, 0.2) is 35.5 Å². The molecule has 1 N–H and O–H groups in total. The van der Waals surface area contributed by atoms with Crippen LogP contribution < -0.4 is 4.90 Å². The molecule has 0 saturated carbocycles. The van der Waals surface area contributed by atoms with E-state index >= 15 is 0 Å². The number of rotatable bonds is 2. The molecule has 1 unspecified atom stereocenters. The van der Waals surface area contributed by atoms with Gasteiger partial charge in [0, 0.05) is 12.3 Å². The molecule has 0 bridgehead atoms. The minimum atomic E-state index is -0.390. The summed E-state index contributed by atoms with van der Waals surface area (Å²) in [6.07, 6.45) is 0.884. The Hall–Kier alpha value is -1.68. The summed E-state index contributed by atoms with van der Waals surface area (Å²) < 4.78 is 0. The Labute approximate surface area is 114 Å². The van der Waals surface area contributed by atoms with E-state index in [4.69, 9.17) is 4.84 Å². The van der Waals surface area contributed by atoms with Gasteiger partial charge in [0.15, 0.2) is 0 Å². The molecule has 102 valence electrons. The van der Waals surface area contributed by atoms with E-state index in [9.17, 15) is 4.79 Å². The molecule has 0 spiro atoms. The molecule has 19 heavy (non-hydrogen) atoms. The normalized spacial score (nSPS) is 29.2. The van der Waals surface area contributed by atoms with Crippen molar-refractivity contribution in [3.63, 3.8) is 0 Å². The number of hydrogen-bond donors (Lipinski definition) is 1. The maximum Gasteiger partial charge on any atom is 0.365 e. The van der Waals surface area contributed by atoms with Crippen LogP contribution in [0.4, 0.5) is 0 Å². The number of piperidine rings is 1. The van der Waals surface area contributed by atoms with Crippen LogP contribution in [-0.2, 0) is 4.84 Å². The Balaban J connectivity index is 2.00. The van der Waals surface area contributed by atoms with Crippen LogP contribution in [-0.4, -0.2) is 31.3 Å². The van der Waals surface area contributed by atoms with Gasteiger partial charge in [0.1, 0.15) is 0 Å². The largest absolute Gasteiger partial charge is 0.365 e. The highest BCUT2D eigenvalue weighted by atomic mass is 16.7. The lowest BCUT2D eigenvalue weighted by Crippen LogP contribution is -3.14. The second-order valence-electron chi connectivity index (χ2n) is 5.38. The Kier molecular flexibility index (Phi) is 4.32. The van der Waals surface area contributed by atoms with Gasteiger partial charge in [0.05, 0.1) is 30.9 Å². The number of quaternary nitrogens is 1. The molecule has 1 heterocycles. The van der Waals surface area contributed by atoms with Crippen LogP contribution in [0.1, 0.15) is 30.6 Å². The van der Waals surface area contributed by atoms with Gasteiger partial charge in [0.2, 0.25) is 0 Å². The fourth-order valence-corrected chi connectivity index (χ4v) is 2.35. The van der Waals surface area contributed by atoms with E-state index in [1.165, 1.54) is 4.90 Å². The molecular weight excluding hydrogens is 240 g/mol. The Bertz CT molecular complexity index is 470. The molecule has 0 amide bonds. The van der Waals surface area contributed by atoms with E-state index in [2.05, 4.69) is 26.1 Å². The van der Waals surface area contributed by atoms with E-state index in [1.54, 1.807) is 12.1 Å². The van der Waals surface area contributed by atoms with E-state index < -0.39 is 0 Å². The lowest BCUT2D eigenvalue weighted by atomic mass is 9.93. The third-order valence-corrected chi connectivity index (χ3v) is 3.81. The molecule has 1 fully saturated rings. The summed E-state index contributed by atoms with van der Waals surface area (Å²) in [4.78, 5) is 18.4. The van der Waals surface area contributed by atoms with E-state index in [-0.39, 0.29) is 5.97 Å². The second kappa shape index (κ2) is 5.97. The van der Waals surface area contributed by atoms with Gasteiger partial charge in [0.25, 0.3) is 0 Å². The monoisotopic (exact) mass is 261 g/mol. The van der Waals surface area contributed by atoms with Gasteiger partial charge in [-0.1, -0.05) is 30.3 Å². The Morgan fingerprint density at radius 2 is 2.00 bits per heavy atom. The molecule has 1 aromatic carbocycles. The average molecular weight is 261 g/mol. The predicted molar refractivity (Wildman–Crippen MR) is 74.3 cm³/mol. The number of hydrogen-bond acceptors (Lipinski definition) is 3. The molecule has 0 aromatic heterocycles. The first-order chi connectivity index (χ1) is 9.08. The molecule has 0 aliphatic carbocycles. The van der Waals surface area contributed by atoms with Crippen LogP contribution in [0.3, 0.4) is 0 Å². The zero-order valence-electron chi connectivity index (χ0n) is 11.7. The van der Waals surface area contributed by atoms with Gasteiger partial charge < -0.3 is 9.74 Å². The fraction of sp³-hybridized carbons (Fsp3) is 0.467. The zero-order chi connectivity index (χ0) is 13.8. The molecule has 1 saturated heterocycles.